The highest BCUT2D eigenvalue weighted by molar-refractivity contribution is 5.85. The fourth-order valence-corrected chi connectivity index (χ4v) is 4.08. The largest absolute Gasteiger partial charge is 0.488 e. The lowest BCUT2D eigenvalue weighted by Gasteiger charge is -2.36. The summed E-state index contributed by atoms with van der Waals surface area (Å²) in [5.41, 5.74) is 5.16. The third kappa shape index (κ3) is 7.18. The van der Waals surface area contributed by atoms with Crippen molar-refractivity contribution in [3.8, 4) is 5.75 Å². The van der Waals surface area contributed by atoms with Gasteiger partial charge in [-0.15, -0.1) is 24.8 Å². The monoisotopic (exact) mass is 438 g/mol. The van der Waals surface area contributed by atoms with E-state index in [9.17, 15) is 0 Å². The summed E-state index contributed by atoms with van der Waals surface area (Å²) >= 11 is 0. The maximum Gasteiger partial charge on any atom is 0.125 e. The Morgan fingerprint density at radius 1 is 1.00 bits per heavy atom. The number of ether oxygens (including phenoxy) is 1. The van der Waals surface area contributed by atoms with E-state index >= 15 is 0 Å². The van der Waals surface area contributed by atoms with Crippen LogP contribution in [0.25, 0.3) is 0 Å². The number of halogens is 2. The zero-order valence-corrected chi connectivity index (χ0v) is 19.6. The van der Waals surface area contributed by atoms with Crippen molar-refractivity contribution in [1.82, 2.24) is 10.2 Å². The number of hydrogen-bond acceptors (Lipinski definition) is 3. The molecule has 0 aliphatic carbocycles. The van der Waals surface area contributed by atoms with Gasteiger partial charge in [0.05, 0.1) is 0 Å². The molecule has 1 N–H and O–H groups in total. The first kappa shape index (κ1) is 25.8. The Bertz CT molecular complexity index is 695. The van der Waals surface area contributed by atoms with Gasteiger partial charge >= 0.3 is 0 Å². The van der Waals surface area contributed by atoms with Crippen LogP contribution in [-0.2, 0) is 6.61 Å². The van der Waals surface area contributed by atoms with Crippen molar-refractivity contribution in [2.24, 2.45) is 0 Å². The van der Waals surface area contributed by atoms with E-state index in [1.807, 2.05) is 6.07 Å². The van der Waals surface area contributed by atoms with E-state index in [-0.39, 0.29) is 24.8 Å². The SMILES string of the molecule is CCCC[C@H](c1cc(C)c(OCc2ccccc2)c(C)c1)N1CCNCC1.Cl.Cl. The summed E-state index contributed by atoms with van der Waals surface area (Å²) < 4.78 is 6.19. The fourth-order valence-electron chi connectivity index (χ4n) is 4.08. The molecule has 1 heterocycles. The van der Waals surface area contributed by atoms with Crippen LogP contribution in [0.1, 0.15) is 54.5 Å². The van der Waals surface area contributed by atoms with Crippen LogP contribution in [0, 0.1) is 13.8 Å². The lowest BCUT2D eigenvalue weighted by molar-refractivity contribution is 0.163. The zero-order valence-electron chi connectivity index (χ0n) is 17.9. The molecule has 2 aromatic rings. The quantitative estimate of drug-likeness (QED) is 0.557. The van der Waals surface area contributed by atoms with E-state index in [4.69, 9.17) is 4.74 Å². The molecule has 3 rings (SSSR count). The standard InChI is InChI=1S/C24H34N2O.2ClH/c1-4-5-11-23(26-14-12-25-13-15-26)22-16-19(2)24(20(3)17-22)27-18-21-9-7-6-8-10-21;;/h6-10,16-17,23,25H,4-5,11-15,18H2,1-3H3;2*1H/t23-;;/m1../s1. The first-order chi connectivity index (χ1) is 13.2. The molecular formula is C24H36Cl2N2O. The average molecular weight is 439 g/mol. The predicted octanol–water partition coefficient (Wildman–Crippen LogP) is 5.86. The van der Waals surface area contributed by atoms with E-state index < -0.39 is 0 Å². The minimum Gasteiger partial charge on any atom is -0.488 e. The number of aryl methyl sites for hydroxylation is 2. The molecule has 0 unspecified atom stereocenters. The second kappa shape index (κ2) is 13.1. The van der Waals surface area contributed by atoms with Gasteiger partial charge < -0.3 is 10.1 Å². The minimum atomic E-state index is 0. The summed E-state index contributed by atoms with van der Waals surface area (Å²) in [6.45, 7) is 11.7. The predicted molar refractivity (Wildman–Crippen MR) is 128 cm³/mol. The highest BCUT2D eigenvalue weighted by Crippen LogP contribution is 2.33. The first-order valence-corrected chi connectivity index (χ1v) is 10.4. The second-order valence-electron chi connectivity index (χ2n) is 7.70. The molecule has 3 nitrogen and oxygen atoms in total. The number of nitrogens with one attached hydrogen (secondary N) is 1. The molecule has 5 heteroatoms. The number of benzene rings is 2. The van der Waals surface area contributed by atoms with E-state index in [1.54, 1.807) is 0 Å². The van der Waals surface area contributed by atoms with Crippen LogP contribution in [0.2, 0.25) is 0 Å². The Hall–Kier alpha value is -1.26. The molecular weight excluding hydrogens is 403 g/mol. The van der Waals surface area contributed by atoms with Gasteiger partial charge in [-0.05, 0) is 42.5 Å². The number of piperazine rings is 1. The number of hydrogen-bond donors (Lipinski definition) is 1. The van der Waals surface area contributed by atoms with Crippen LogP contribution in [0.3, 0.4) is 0 Å². The van der Waals surface area contributed by atoms with E-state index in [0.717, 1.165) is 31.9 Å². The van der Waals surface area contributed by atoms with Crippen molar-refractivity contribution in [3.05, 3.63) is 64.7 Å². The number of unbranched alkanes of at least 4 members (excludes halogenated alkanes) is 1. The van der Waals surface area contributed by atoms with Crippen LogP contribution in [-0.4, -0.2) is 31.1 Å². The molecule has 29 heavy (non-hydrogen) atoms. The zero-order chi connectivity index (χ0) is 19.1. The molecule has 0 amide bonds. The molecule has 0 saturated carbocycles. The van der Waals surface area contributed by atoms with E-state index in [2.05, 4.69) is 67.4 Å². The van der Waals surface area contributed by atoms with E-state index in [0.29, 0.717) is 12.6 Å². The summed E-state index contributed by atoms with van der Waals surface area (Å²) in [5.74, 6) is 1.04. The summed E-state index contributed by atoms with van der Waals surface area (Å²) in [6.07, 6.45) is 3.76. The highest BCUT2D eigenvalue weighted by atomic mass is 35.5. The van der Waals surface area contributed by atoms with E-state index in [1.165, 1.54) is 41.5 Å². The number of rotatable bonds is 8. The number of nitrogens with zero attached hydrogens (tertiary/aromatic N) is 1. The molecule has 0 spiro atoms. The maximum absolute atomic E-state index is 6.19. The normalized spacial score (nSPS) is 15.1. The van der Waals surface area contributed by atoms with Gasteiger partial charge in [-0.3, -0.25) is 4.90 Å². The third-order valence-corrected chi connectivity index (χ3v) is 5.52. The Morgan fingerprint density at radius 3 is 2.21 bits per heavy atom. The van der Waals surface area contributed by atoms with Gasteiger partial charge in [0.1, 0.15) is 12.4 Å². The highest BCUT2D eigenvalue weighted by Gasteiger charge is 2.23. The van der Waals surface area contributed by atoms with Crippen molar-refractivity contribution in [1.29, 1.82) is 0 Å². The van der Waals surface area contributed by atoms with Crippen LogP contribution in [0.5, 0.6) is 5.75 Å². The Labute approximate surface area is 189 Å². The third-order valence-electron chi connectivity index (χ3n) is 5.52. The lowest BCUT2D eigenvalue weighted by atomic mass is 9.95. The molecule has 1 atom stereocenters. The van der Waals surface area contributed by atoms with Gasteiger partial charge in [0.2, 0.25) is 0 Å². The molecule has 1 saturated heterocycles. The molecule has 1 aliphatic heterocycles. The average Bonchev–Trinajstić information content (AvgIpc) is 2.69. The Morgan fingerprint density at radius 2 is 1.62 bits per heavy atom. The molecule has 0 bridgehead atoms. The maximum atomic E-state index is 6.19. The molecule has 1 aliphatic rings. The van der Waals surface area contributed by atoms with Crippen LogP contribution >= 0.6 is 24.8 Å². The first-order valence-electron chi connectivity index (χ1n) is 10.4. The van der Waals surface area contributed by atoms with Crippen molar-refractivity contribution in [3.63, 3.8) is 0 Å². The van der Waals surface area contributed by atoms with Gasteiger partial charge in [0.15, 0.2) is 0 Å². The van der Waals surface area contributed by atoms with Gasteiger partial charge in [0, 0.05) is 32.2 Å². The van der Waals surface area contributed by atoms with Crippen molar-refractivity contribution >= 4 is 24.8 Å². The van der Waals surface area contributed by atoms with Gasteiger partial charge in [-0.2, -0.15) is 0 Å². The molecule has 0 aromatic heterocycles. The molecule has 0 radical (unpaired) electrons. The second-order valence-corrected chi connectivity index (χ2v) is 7.70. The summed E-state index contributed by atoms with van der Waals surface area (Å²) in [7, 11) is 0. The van der Waals surface area contributed by atoms with Gasteiger partial charge in [-0.25, -0.2) is 0 Å². The summed E-state index contributed by atoms with van der Waals surface area (Å²) in [5, 5.41) is 3.48. The van der Waals surface area contributed by atoms with Gasteiger partial charge in [0.25, 0.3) is 0 Å². The summed E-state index contributed by atoms with van der Waals surface area (Å²) in [6, 6.07) is 15.6. The molecule has 1 fully saturated rings. The van der Waals surface area contributed by atoms with Crippen LogP contribution in [0.15, 0.2) is 42.5 Å². The Balaban J connectivity index is 0.00000210. The Kier molecular flexibility index (Phi) is 11.7. The van der Waals surface area contributed by atoms with Gasteiger partial charge in [-0.1, -0.05) is 62.2 Å². The van der Waals surface area contributed by atoms with Crippen molar-refractivity contribution < 1.29 is 4.74 Å². The minimum absolute atomic E-state index is 0. The smallest absolute Gasteiger partial charge is 0.125 e. The van der Waals surface area contributed by atoms with Crippen LogP contribution in [0.4, 0.5) is 0 Å². The fraction of sp³-hybridized carbons (Fsp3) is 0.500. The lowest BCUT2D eigenvalue weighted by Crippen LogP contribution is -2.45. The topological polar surface area (TPSA) is 24.5 Å². The summed E-state index contributed by atoms with van der Waals surface area (Å²) in [4.78, 5) is 2.66. The van der Waals surface area contributed by atoms with Crippen molar-refractivity contribution in [2.45, 2.75) is 52.7 Å². The van der Waals surface area contributed by atoms with Crippen LogP contribution < -0.4 is 10.1 Å². The molecule has 162 valence electrons. The van der Waals surface area contributed by atoms with Crippen molar-refractivity contribution in [2.75, 3.05) is 26.2 Å². The molecule has 2 aromatic carbocycles.